The summed E-state index contributed by atoms with van der Waals surface area (Å²) < 4.78 is 6.84. The van der Waals surface area contributed by atoms with E-state index in [-0.39, 0.29) is 31.0 Å². The fraction of sp³-hybridized carbons (Fsp3) is 0.600. The molecule has 1 aromatic heterocycles. The molecule has 1 rings (SSSR count). The Morgan fingerprint density at radius 1 is 1.41 bits per heavy atom. The zero-order chi connectivity index (χ0) is 12.8. The first-order chi connectivity index (χ1) is 8.04. The molecular formula is C10H14BrN3O3. The zero-order valence-corrected chi connectivity index (χ0v) is 11.4. The van der Waals surface area contributed by atoms with Crippen LogP contribution in [0.2, 0.25) is 0 Å². The summed E-state index contributed by atoms with van der Waals surface area (Å²) in [5.41, 5.74) is 0.707. The highest BCUT2D eigenvalue weighted by Crippen LogP contribution is 2.13. The standard InChI is InChI=1S/C10H14BrN3O3/c1-3-17-9(16)5-4-7(15)6-8-10(11)12-13-14(8)2/h3-6H2,1-2H3. The highest BCUT2D eigenvalue weighted by molar-refractivity contribution is 9.10. The van der Waals surface area contributed by atoms with Crippen LogP contribution in [0.15, 0.2) is 4.60 Å². The van der Waals surface area contributed by atoms with E-state index >= 15 is 0 Å². The molecule has 0 aliphatic carbocycles. The first-order valence-corrected chi connectivity index (χ1v) is 6.05. The number of halogens is 1. The molecule has 0 unspecified atom stereocenters. The molecule has 7 heteroatoms. The quantitative estimate of drug-likeness (QED) is 0.734. The first-order valence-electron chi connectivity index (χ1n) is 5.26. The Balaban J connectivity index is 2.43. The molecule has 1 heterocycles. The molecular weight excluding hydrogens is 290 g/mol. The van der Waals surface area contributed by atoms with E-state index in [1.807, 2.05) is 0 Å². The van der Waals surface area contributed by atoms with Gasteiger partial charge in [-0.2, -0.15) is 0 Å². The van der Waals surface area contributed by atoms with Crippen molar-refractivity contribution in [2.24, 2.45) is 7.05 Å². The number of hydrogen-bond acceptors (Lipinski definition) is 5. The minimum Gasteiger partial charge on any atom is -0.466 e. The van der Waals surface area contributed by atoms with Crippen molar-refractivity contribution in [1.29, 1.82) is 0 Å². The largest absolute Gasteiger partial charge is 0.466 e. The topological polar surface area (TPSA) is 74.1 Å². The van der Waals surface area contributed by atoms with Crippen molar-refractivity contribution in [3.63, 3.8) is 0 Å². The van der Waals surface area contributed by atoms with Gasteiger partial charge in [0, 0.05) is 13.5 Å². The summed E-state index contributed by atoms with van der Waals surface area (Å²) in [5.74, 6) is -0.382. The molecule has 0 fully saturated rings. The molecule has 0 spiro atoms. The summed E-state index contributed by atoms with van der Waals surface area (Å²) in [4.78, 5) is 22.7. The number of Topliss-reactive ketones (excluding diaryl/α,β-unsaturated/α-hetero) is 1. The van der Waals surface area contributed by atoms with E-state index in [2.05, 4.69) is 26.2 Å². The van der Waals surface area contributed by atoms with Crippen LogP contribution in [0.1, 0.15) is 25.5 Å². The van der Waals surface area contributed by atoms with E-state index in [0.29, 0.717) is 16.9 Å². The fourth-order valence-corrected chi connectivity index (χ4v) is 1.76. The molecule has 0 aromatic carbocycles. The molecule has 17 heavy (non-hydrogen) atoms. The van der Waals surface area contributed by atoms with Gasteiger partial charge >= 0.3 is 5.97 Å². The van der Waals surface area contributed by atoms with Crippen LogP contribution >= 0.6 is 15.9 Å². The van der Waals surface area contributed by atoms with Gasteiger partial charge in [0.25, 0.3) is 0 Å². The van der Waals surface area contributed by atoms with Crippen molar-refractivity contribution in [3.8, 4) is 0 Å². The lowest BCUT2D eigenvalue weighted by molar-refractivity contribution is -0.144. The number of rotatable bonds is 6. The van der Waals surface area contributed by atoms with Gasteiger partial charge in [-0.3, -0.25) is 14.3 Å². The molecule has 0 saturated heterocycles. The minimum atomic E-state index is -0.344. The molecule has 0 amide bonds. The van der Waals surface area contributed by atoms with Crippen molar-refractivity contribution >= 4 is 27.7 Å². The normalized spacial score (nSPS) is 10.3. The number of carbonyl (C=O) groups excluding carboxylic acids is 2. The maximum absolute atomic E-state index is 11.6. The summed E-state index contributed by atoms with van der Waals surface area (Å²) in [6, 6.07) is 0. The van der Waals surface area contributed by atoms with Crippen LogP contribution in [-0.2, 0) is 27.8 Å². The number of hydrogen-bond donors (Lipinski definition) is 0. The van der Waals surface area contributed by atoms with E-state index in [1.165, 1.54) is 4.68 Å². The summed E-state index contributed by atoms with van der Waals surface area (Å²) >= 11 is 3.21. The summed E-state index contributed by atoms with van der Waals surface area (Å²) in [5, 5.41) is 7.55. The van der Waals surface area contributed by atoms with Crippen LogP contribution in [0.4, 0.5) is 0 Å². The lowest BCUT2D eigenvalue weighted by Gasteiger charge is -2.02. The van der Waals surface area contributed by atoms with Gasteiger partial charge < -0.3 is 4.74 Å². The van der Waals surface area contributed by atoms with Gasteiger partial charge in [0.05, 0.1) is 25.1 Å². The average Bonchev–Trinajstić information content (AvgIpc) is 2.58. The number of nitrogens with zero attached hydrogens (tertiary/aromatic N) is 3. The highest BCUT2D eigenvalue weighted by atomic mass is 79.9. The van der Waals surface area contributed by atoms with Crippen LogP contribution < -0.4 is 0 Å². The molecule has 0 N–H and O–H groups in total. The van der Waals surface area contributed by atoms with Crippen molar-refractivity contribution < 1.29 is 14.3 Å². The maximum Gasteiger partial charge on any atom is 0.306 e. The van der Waals surface area contributed by atoms with Gasteiger partial charge in [0.1, 0.15) is 5.78 Å². The Labute approximate surface area is 107 Å². The summed E-state index contributed by atoms with van der Waals surface area (Å²) in [6.07, 6.45) is 0.509. The van der Waals surface area contributed by atoms with Crippen molar-refractivity contribution in [3.05, 3.63) is 10.3 Å². The molecule has 1 aromatic rings. The van der Waals surface area contributed by atoms with Crippen LogP contribution in [0.3, 0.4) is 0 Å². The van der Waals surface area contributed by atoms with Crippen LogP contribution in [-0.4, -0.2) is 33.4 Å². The monoisotopic (exact) mass is 303 g/mol. The molecule has 0 aliphatic heterocycles. The zero-order valence-electron chi connectivity index (χ0n) is 9.77. The highest BCUT2D eigenvalue weighted by Gasteiger charge is 2.14. The molecule has 0 radical (unpaired) electrons. The fourth-order valence-electron chi connectivity index (χ4n) is 1.29. The Hall–Kier alpha value is -1.24. The molecule has 0 bridgehead atoms. The molecule has 94 valence electrons. The smallest absolute Gasteiger partial charge is 0.306 e. The van der Waals surface area contributed by atoms with E-state index in [0.717, 1.165) is 0 Å². The van der Waals surface area contributed by atoms with Gasteiger partial charge in [-0.25, -0.2) is 0 Å². The Kier molecular flexibility index (Phi) is 5.27. The predicted octanol–water partition coefficient (Wildman–Crippen LogP) is 1.03. The van der Waals surface area contributed by atoms with Crippen LogP contribution in [0.5, 0.6) is 0 Å². The van der Waals surface area contributed by atoms with Gasteiger partial charge in [0.2, 0.25) is 0 Å². The number of ketones is 1. The van der Waals surface area contributed by atoms with Gasteiger partial charge in [-0.1, -0.05) is 5.21 Å². The average molecular weight is 304 g/mol. The number of aryl methyl sites for hydroxylation is 1. The molecule has 0 saturated carbocycles. The van der Waals surface area contributed by atoms with E-state index < -0.39 is 0 Å². The maximum atomic E-state index is 11.6. The summed E-state index contributed by atoms with van der Waals surface area (Å²) in [6.45, 7) is 2.07. The number of ether oxygens (including phenoxy) is 1. The minimum absolute atomic E-state index is 0.0378. The Morgan fingerprint density at radius 2 is 2.12 bits per heavy atom. The molecule has 0 atom stereocenters. The van der Waals surface area contributed by atoms with Gasteiger partial charge in [-0.15, -0.1) is 5.10 Å². The molecule has 6 nitrogen and oxygen atoms in total. The van der Waals surface area contributed by atoms with Gasteiger partial charge in [0.15, 0.2) is 4.60 Å². The first kappa shape index (κ1) is 13.8. The second-order valence-corrected chi connectivity index (χ2v) is 4.22. The number of aromatic nitrogens is 3. The third-order valence-corrected chi connectivity index (χ3v) is 2.79. The lowest BCUT2D eigenvalue weighted by Crippen LogP contribution is -2.11. The van der Waals surface area contributed by atoms with Gasteiger partial charge in [-0.05, 0) is 22.9 Å². The summed E-state index contributed by atoms with van der Waals surface area (Å²) in [7, 11) is 1.71. The number of carbonyl (C=O) groups is 2. The van der Waals surface area contributed by atoms with Crippen LogP contribution in [0.25, 0.3) is 0 Å². The second kappa shape index (κ2) is 6.48. The van der Waals surface area contributed by atoms with Crippen LogP contribution in [0, 0.1) is 0 Å². The van der Waals surface area contributed by atoms with Crippen molar-refractivity contribution in [2.75, 3.05) is 6.61 Å². The third kappa shape index (κ3) is 4.26. The van der Waals surface area contributed by atoms with Crippen molar-refractivity contribution in [2.45, 2.75) is 26.2 Å². The van der Waals surface area contributed by atoms with E-state index in [4.69, 9.17) is 4.74 Å². The van der Waals surface area contributed by atoms with E-state index in [9.17, 15) is 9.59 Å². The lowest BCUT2D eigenvalue weighted by atomic mass is 10.1. The second-order valence-electron chi connectivity index (χ2n) is 3.47. The predicted molar refractivity (Wildman–Crippen MR) is 63.3 cm³/mol. The Morgan fingerprint density at radius 3 is 2.65 bits per heavy atom. The Bertz CT molecular complexity index is 397. The molecule has 0 aliphatic rings. The third-order valence-electron chi connectivity index (χ3n) is 2.17. The SMILES string of the molecule is CCOC(=O)CCC(=O)Cc1c(Br)nnn1C. The van der Waals surface area contributed by atoms with Crippen molar-refractivity contribution in [1.82, 2.24) is 15.0 Å². The number of esters is 1. The van der Waals surface area contributed by atoms with E-state index in [1.54, 1.807) is 14.0 Å².